The normalized spacial score (nSPS) is 11.4. The van der Waals surface area contributed by atoms with Gasteiger partial charge in [0.2, 0.25) is 0 Å². The van der Waals surface area contributed by atoms with E-state index in [0.717, 1.165) is 26.7 Å². The fraction of sp³-hybridized carbons (Fsp3) is 0.222. The van der Waals surface area contributed by atoms with Crippen LogP contribution in [0.4, 0.5) is 0 Å². The van der Waals surface area contributed by atoms with E-state index in [9.17, 15) is 9.90 Å². The fourth-order valence-corrected chi connectivity index (χ4v) is 5.68. The summed E-state index contributed by atoms with van der Waals surface area (Å²) in [6.07, 6.45) is 0. The van der Waals surface area contributed by atoms with E-state index in [-0.39, 0.29) is 12.4 Å². The van der Waals surface area contributed by atoms with E-state index in [4.69, 9.17) is 16.3 Å². The van der Waals surface area contributed by atoms with Gasteiger partial charge in [-0.25, -0.2) is 4.79 Å². The second-order valence-corrected chi connectivity index (χ2v) is 10.8. The zero-order chi connectivity index (χ0) is 25.1. The van der Waals surface area contributed by atoms with Gasteiger partial charge in [0.1, 0.15) is 12.3 Å². The van der Waals surface area contributed by atoms with Crippen molar-refractivity contribution in [1.29, 1.82) is 0 Å². The van der Waals surface area contributed by atoms with Gasteiger partial charge in [-0.3, -0.25) is 0 Å². The van der Waals surface area contributed by atoms with Crippen LogP contribution in [0.1, 0.15) is 28.5 Å². The summed E-state index contributed by atoms with van der Waals surface area (Å²) >= 11 is 11.4. The van der Waals surface area contributed by atoms with Crippen molar-refractivity contribution in [2.24, 2.45) is 0 Å². The molecule has 0 aliphatic rings. The summed E-state index contributed by atoms with van der Waals surface area (Å²) in [5.74, 6) is 0.271. The Bertz CT molecular complexity index is 1360. The van der Waals surface area contributed by atoms with Gasteiger partial charge >= 0.3 is 5.97 Å². The molecular weight excluding hydrogens is 548 g/mol. The molecule has 0 bridgehead atoms. The van der Waals surface area contributed by atoms with Crippen molar-refractivity contribution in [3.05, 3.63) is 87.0 Å². The summed E-state index contributed by atoms with van der Waals surface area (Å²) in [7, 11) is 4.02. The number of carbonyl (C=O) groups excluding carboxylic acids is 1. The van der Waals surface area contributed by atoms with Crippen molar-refractivity contribution >= 4 is 56.2 Å². The molecular formula is C27H27BrClN2O3S+. The van der Waals surface area contributed by atoms with E-state index in [1.165, 1.54) is 0 Å². The van der Waals surface area contributed by atoms with Crippen LogP contribution in [0.3, 0.4) is 0 Å². The Hall–Kier alpha value is -2.45. The standard InChI is InChI=1S/C27H26BrClN2O3S/c1-4-34-27(33)25-23(16-35-19-8-6-5-7-9-19)31(18-12-10-17(29)11-13-18)22-14-21(28)26(32)20(24(22)25)15-30(2)3/h5-14,32H,4,15-16H2,1-3H3/p+1. The van der Waals surface area contributed by atoms with Crippen LogP contribution in [-0.4, -0.2) is 36.3 Å². The number of ether oxygens (including phenoxy) is 1. The van der Waals surface area contributed by atoms with Gasteiger partial charge in [-0.1, -0.05) is 29.8 Å². The molecule has 4 rings (SSSR count). The minimum absolute atomic E-state index is 0.139. The van der Waals surface area contributed by atoms with Crippen molar-refractivity contribution in [2.45, 2.75) is 24.1 Å². The number of carbonyl (C=O) groups is 1. The molecule has 0 amide bonds. The first-order chi connectivity index (χ1) is 16.8. The molecule has 1 aromatic heterocycles. The number of hydrogen-bond donors (Lipinski definition) is 2. The fourth-order valence-electron chi connectivity index (χ4n) is 4.17. The van der Waals surface area contributed by atoms with Crippen LogP contribution in [0.2, 0.25) is 5.02 Å². The third-order valence-electron chi connectivity index (χ3n) is 5.60. The van der Waals surface area contributed by atoms with E-state index in [2.05, 4.69) is 20.5 Å². The summed E-state index contributed by atoms with van der Waals surface area (Å²) in [6.45, 7) is 2.59. The molecule has 5 nitrogen and oxygen atoms in total. The van der Waals surface area contributed by atoms with Crippen LogP contribution in [0.5, 0.6) is 5.75 Å². The third-order valence-corrected chi connectivity index (χ3v) is 7.48. The van der Waals surface area contributed by atoms with Crippen LogP contribution in [-0.2, 0) is 17.0 Å². The number of fused-ring (bicyclic) bond motifs is 1. The van der Waals surface area contributed by atoms with Crippen LogP contribution < -0.4 is 4.90 Å². The number of rotatable bonds is 8. The lowest BCUT2D eigenvalue weighted by atomic mass is 10.0. The maximum Gasteiger partial charge on any atom is 0.340 e. The van der Waals surface area contributed by atoms with Gasteiger partial charge in [0.05, 0.1) is 41.8 Å². The number of nitrogens with one attached hydrogen (secondary N) is 1. The first-order valence-electron chi connectivity index (χ1n) is 11.3. The molecule has 182 valence electrons. The summed E-state index contributed by atoms with van der Waals surface area (Å²) in [4.78, 5) is 15.7. The smallest absolute Gasteiger partial charge is 0.340 e. The van der Waals surface area contributed by atoms with E-state index in [1.807, 2.05) is 74.8 Å². The molecule has 0 atom stereocenters. The zero-order valence-corrected chi connectivity index (χ0v) is 22.9. The monoisotopic (exact) mass is 573 g/mol. The van der Waals surface area contributed by atoms with E-state index >= 15 is 0 Å². The maximum absolute atomic E-state index is 13.5. The predicted molar refractivity (Wildman–Crippen MR) is 146 cm³/mol. The number of aromatic nitrogens is 1. The molecule has 8 heteroatoms. The van der Waals surface area contributed by atoms with Crippen LogP contribution in [0.25, 0.3) is 16.6 Å². The van der Waals surface area contributed by atoms with Crippen molar-refractivity contribution in [3.63, 3.8) is 0 Å². The number of benzene rings is 3. The van der Waals surface area contributed by atoms with Gasteiger partial charge in [-0.2, -0.15) is 0 Å². The van der Waals surface area contributed by atoms with Crippen molar-refractivity contribution in [1.82, 2.24) is 4.57 Å². The van der Waals surface area contributed by atoms with Crippen LogP contribution in [0, 0.1) is 0 Å². The van der Waals surface area contributed by atoms with E-state index < -0.39 is 5.97 Å². The SMILES string of the molecule is CCOC(=O)c1c(CSc2ccccc2)n(-c2ccc(Cl)cc2)c2cc(Br)c(O)c(C[NH+](C)C)c12. The predicted octanol–water partition coefficient (Wildman–Crippen LogP) is 5.87. The Balaban J connectivity index is 2.07. The average molecular weight is 575 g/mol. The molecule has 0 aliphatic heterocycles. The van der Waals surface area contributed by atoms with Crippen LogP contribution >= 0.6 is 39.3 Å². The van der Waals surface area contributed by atoms with E-state index in [0.29, 0.717) is 38.3 Å². The lowest BCUT2D eigenvalue weighted by Gasteiger charge is -2.14. The maximum atomic E-state index is 13.5. The number of esters is 1. The Morgan fingerprint density at radius 2 is 1.83 bits per heavy atom. The number of phenolic OH excluding ortho intramolecular Hbond substituents is 1. The minimum Gasteiger partial charge on any atom is -0.506 e. The summed E-state index contributed by atoms with van der Waals surface area (Å²) in [5.41, 5.74) is 3.69. The highest BCUT2D eigenvalue weighted by atomic mass is 79.9. The third kappa shape index (κ3) is 5.38. The second-order valence-electron chi connectivity index (χ2n) is 8.42. The van der Waals surface area contributed by atoms with Gasteiger partial charge in [-0.05, 0) is 65.3 Å². The topological polar surface area (TPSA) is 55.9 Å². The number of quaternary nitrogens is 1. The lowest BCUT2D eigenvalue weighted by Crippen LogP contribution is -3.04. The Morgan fingerprint density at radius 3 is 2.46 bits per heavy atom. The molecule has 0 radical (unpaired) electrons. The molecule has 0 spiro atoms. The zero-order valence-electron chi connectivity index (χ0n) is 19.8. The van der Waals surface area contributed by atoms with Crippen molar-refractivity contribution < 1.29 is 19.5 Å². The molecule has 1 heterocycles. The summed E-state index contributed by atoms with van der Waals surface area (Å²) < 4.78 is 8.20. The number of nitrogens with zero attached hydrogens (tertiary/aromatic N) is 1. The second kappa shape index (κ2) is 11.1. The number of hydrogen-bond acceptors (Lipinski definition) is 4. The number of thioether (sulfide) groups is 1. The molecule has 4 aromatic rings. The Labute approximate surface area is 222 Å². The Kier molecular flexibility index (Phi) is 8.12. The van der Waals surface area contributed by atoms with Gasteiger partial charge in [0, 0.05) is 32.4 Å². The molecule has 0 unspecified atom stereocenters. The van der Waals surface area contributed by atoms with Gasteiger partial charge in [0.15, 0.2) is 0 Å². The summed E-state index contributed by atoms with van der Waals surface area (Å²) in [5, 5.41) is 12.4. The number of aromatic hydroxyl groups is 1. The molecule has 0 saturated carbocycles. The largest absolute Gasteiger partial charge is 0.506 e. The average Bonchev–Trinajstić information content (AvgIpc) is 3.15. The highest BCUT2D eigenvalue weighted by Gasteiger charge is 2.29. The van der Waals surface area contributed by atoms with Crippen molar-refractivity contribution in [2.75, 3.05) is 20.7 Å². The number of halogens is 2. The lowest BCUT2D eigenvalue weighted by molar-refractivity contribution is -0.872. The molecule has 0 saturated heterocycles. The molecule has 0 aliphatic carbocycles. The number of phenols is 1. The molecule has 0 fully saturated rings. The Morgan fingerprint density at radius 1 is 1.14 bits per heavy atom. The van der Waals surface area contributed by atoms with Crippen LogP contribution in [0.15, 0.2) is 70.0 Å². The highest BCUT2D eigenvalue weighted by Crippen LogP contribution is 2.42. The van der Waals surface area contributed by atoms with Crippen molar-refractivity contribution in [3.8, 4) is 11.4 Å². The quantitative estimate of drug-likeness (QED) is 0.204. The minimum atomic E-state index is -0.398. The molecule has 35 heavy (non-hydrogen) atoms. The first kappa shape index (κ1) is 25.6. The van der Waals surface area contributed by atoms with Gasteiger partial charge in [-0.15, -0.1) is 11.8 Å². The highest BCUT2D eigenvalue weighted by molar-refractivity contribution is 9.10. The van der Waals surface area contributed by atoms with E-state index in [1.54, 1.807) is 18.7 Å². The van der Waals surface area contributed by atoms with Gasteiger partial charge < -0.3 is 19.3 Å². The van der Waals surface area contributed by atoms with Gasteiger partial charge in [0.25, 0.3) is 0 Å². The molecule has 2 N–H and O–H groups in total. The molecule has 3 aromatic carbocycles. The summed E-state index contributed by atoms with van der Waals surface area (Å²) in [6, 6.07) is 19.5. The first-order valence-corrected chi connectivity index (χ1v) is 13.4.